The van der Waals surface area contributed by atoms with Gasteiger partial charge >= 0.3 is 0 Å². The lowest BCUT2D eigenvalue weighted by Crippen LogP contribution is -2.29. The smallest absolute Gasteiger partial charge is 0.142 e. The first-order chi connectivity index (χ1) is 13.7. The lowest BCUT2D eigenvalue weighted by molar-refractivity contribution is 0.461. The molecule has 2 aromatic rings. The molecule has 1 fully saturated rings. The lowest BCUT2D eigenvalue weighted by Gasteiger charge is -2.25. The Kier molecular flexibility index (Phi) is 6.89. The van der Waals surface area contributed by atoms with Crippen LogP contribution < -0.4 is 16.8 Å². The van der Waals surface area contributed by atoms with Gasteiger partial charge in [-0.2, -0.15) is 5.26 Å². The number of hydrogen-bond acceptors (Lipinski definition) is 5. The van der Waals surface area contributed by atoms with Gasteiger partial charge in [-0.3, -0.25) is 0 Å². The number of nitrogens with zero attached hydrogens (tertiary/aromatic N) is 2. The first-order valence-corrected chi connectivity index (χ1v) is 10.4. The fourth-order valence-corrected chi connectivity index (χ4v) is 4.16. The minimum Gasteiger partial charge on any atom is -0.398 e. The van der Waals surface area contributed by atoms with Gasteiger partial charge in [0.15, 0.2) is 0 Å². The van der Waals surface area contributed by atoms with Crippen molar-refractivity contribution >= 4 is 11.5 Å². The average Bonchev–Trinajstić information content (AvgIpc) is 2.71. The van der Waals surface area contributed by atoms with E-state index >= 15 is 0 Å². The molecule has 1 aliphatic rings. The van der Waals surface area contributed by atoms with Crippen molar-refractivity contribution in [3.63, 3.8) is 0 Å². The Balaban J connectivity index is 2.01. The second-order valence-corrected chi connectivity index (χ2v) is 7.70. The molecule has 1 aromatic heterocycles. The van der Waals surface area contributed by atoms with E-state index in [1.165, 1.54) is 24.8 Å². The van der Waals surface area contributed by atoms with Crippen LogP contribution in [0.4, 0.5) is 11.5 Å². The molecule has 0 spiro atoms. The van der Waals surface area contributed by atoms with Crippen LogP contribution in [-0.4, -0.2) is 18.1 Å². The van der Waals surface area contributed by atoms with Crippen LogP contribution in [0.15, 0.2) is 24.3 Å². The third-order valence-electron chi connectivity index (χ3n) is 5.67. The van der Waals surface area contributed by atoms with E-state index in [4.69, 9.17) is 11.5 Å². The van der Waals surface area contributed by atoms with Gasteiger partial charge in [-0.25, -0.2) is 4.98 Å². The number of anilines is 2. The highest BCUT2D eigenvalue weighted by atomic mass is 14.9. The highest BCUT2D eigenvalue weighted by Crippen LogP contribution is 2.35. The van der Waals surface area contributed by atoms with E-state index < -0.39 is 0 Å². The minimum absolute atomic E-state index is 0.283. The molecule has 3 rings (SSSR count). The van der Waals surface area contributed by atoms with Crippen LogP contribution >= 0.6 is 0 Å². The molecule has 148 valence electrons. The van der Waals surface area contributed by atoms with Crippen LogP contribution in [-0.2, 0) is 6.42 Å². The molecule has 28 heavy (non-hydrogen) atoms. The largest absolute Gasteiger partial charge is 0.398 e. The molecule has 5 heteroatoms. The molecule has 1 unspecified atom stereocenters. The molecule has 0 amide bonds. The summed E-state index contributed by atoms with van der Waals surface area (Å²) < 4.78 is 0. The summed E-state index contributed by atoms with van der Waals surface area (Å²) in [6, 6.07) is 10.4. The maximum atomic E-state index is 9.65. The molecule has 1 saturated heterocycles. The van der Waals surface area contributed by atoms with Crippen LogP contribution in [0.5, 0.6) is 0 Å². The molecular weight excluding hydrogens is 346 g/mol. The minimum atomic E-state index is 0.283. The zero-order valence-electron chi connectivity index (χ0n) is 16.8. The van der Waals surface area contributed by atoms with Gasteiger partial charge in [-0.1, -0.05) is 38.3 Å². The Morgan fingerprint density at radius 3 is 2.82 bits per heavy atom. The van der Waals surface area contributed by atoms with E-state index in [0.717, 1.165) is 61.3 Å². The standard InChI is InChI=1S/C23H31N5/c1-2-3-4-5-8-16-9-6-11-20(25)22(16)21-13-18(17-10-7-12-27-15-17)19(14-24)23(26)28-21/h6,9,11,13,17,27H,2-5,7-8,10,12,15,25H2,1H3,(H2,26,28). The number of nitrogens with two attached hydrogens (primary N) is 2. The second-order valence-electron chi connectivity index (χ2n) is 7.70. The fourth-order valence-electron chi connectivity index (χ4n) is 4.16. The predicted molar refractivity (Wildman–Crippen MR) is 116 cm³/mol. The fraction of sp³-hybridized carbons (Fsp3) is 0.478. The molecule has 5 nitrogen and oxygen atoms in total. The van der Waals surface area contributed by atoms with Crippen LogP contribution in [0.25, 0.3) is 11.3 Å². The summed E-state index contributed by atoms with van der Waals surface area (Å²) in [4.78, 5) is 4.59. The van der Waals surface area contributed by atoms with Crippen LogP contribution in [0.1, 0.15) is 68.1 Å². The first-order valence-electron chi connectivity index (χ1n) is 10.4. The monoisotopic (exact) mass is 377 g/mol. The molecule has 0 radical (unpaired) electrons. The normalized spacial score (nSPS) is 16.6. The summed E-state index contributed by atoms with van der Waals surface area (Å²) >= 11 is 0. The summed E-state index contributed by atoms with van der Waals surface area (Å²) in [5, 5.41) is 13.1. The Morgan fingerprint density at radius 2 is 2.11 bits per heavy atom. The van der Waals surface area contributed by atoms with Crippen molar-refractivity contribution in [3.8, 4) is 17.3 Å². The number of hydrogen-bond donors (Lipinski definition) is 3. The van der Waals surface area contributed by atoms with Crippen molar-refractivity contribution in [1.82, 2.24) is 10.3 Å². The zero-order chi connectivity index (χ0) is 19.9. The Labute approximate surface area is 168 Å². The molecule has 0 aliphatic carbocycles. The maximum Gasteiger partial charge on any atom is 0.142 e. The van der Waals surface area contributed by atoms with Crippen molar-refractivity contribution in [2.75, 3.05) is 24.6 Å². The van der Waals surface area contributed by atoms with Crippen molar-refractivity contribution in [3.05, 3.63) is 41.0 Å². The van der Waals surface area contributed by atoms with E-state index in [-0.39, 0.29) is 5.92 Å². The number of nitrogen functional groups attached to an aromatic ring is 2. The summed E-state index contributed by atoms with van der Waals surface area (Å²) in [6.07, 6.45) is 7.95. The summed E-state index contributed by atoms with van der Waals surface area (Å²) in [7, 11) is 0. The number of nitriles is 1. The van der Waals surface area contributed by atoms with Crippen LogP contribution in [0.3, 0.4) is 0 Å². The number of piperidine rings is 1. The van der Waals surface area contributed by atoms with Crippen molar-refractivity contribution in [2.24, 2.45) is 0 Å². The van der Waals surface area contributed by atoms with Crippen molar-refractivity contribution in [2.45, 2.75) is 57.8 Å². The topological polar surface area (TPSA) is 101 Å². The Hall–Kier alpha value is -2.58. The third-order valence-corrected chi connectivity index (χ3v) is 5.67. The van der Waals surface area contributed by atoms with Gasteiger partial charge in [-0.05, 0) is 61.4 Å². The molecule has 0 bridgehead atoms. The van der Waals surface area contributed by atoms with E-state index in [0.29, 0.717) is 11.4 Å². The van der Waals surface area contributed by atoms with Gasteiger partial charge in [0.05, 0.1) is 11.3 Å². The number of nitrogens with one attached hydrogen (secondary N) is 1. The number of unbranched alkanes of at least 4 members (excludes halogenated alkanes) is 3. The Bertz CT molecular complexity index is 847. The molecule has 1 aromatic carbocycles. The average molecular weight is 378 g/mol. The number of pyridine rings is 1. The molecule has 1 aliphatic heterocycles. The number of aryl methyl sites for hydroxylation is 1. The predicted octanol–water partition coefficient (Wildman–Crippen LogP) is 4.37. The van der Waals surface area contributed by atoms with Crippen molar-refractivity contribution in [1.29, 1.82) is 5.26 Å². The second kappa shape index (κ2) is 9.57. The van der Waals surface area contributed by atoms with Gasteiger partial charge in [0.1, 0.15) is 11.9 Å². The Morgan fingerprint density at radius 1 is 1.25 bits per heavy atom. The van der Waals surface area contributed by atoms with E-state index in [1.807, 2.05) is 18.2 Å². The van der Waals surface area contributed by atoms with E-state index in [9.17, 15) is 5.26 Å². The zero-order valence-corrected chi connectivity index (χ0v) is 16.8. The van der Waals surface area contributed by atoms with E-state index in [1.54, 1.807) is 0 Å². The number of aromatic nitrogens is 1. The highest BCUT2D eigenvalue weighted by molar-refractivity contribution is 5.79. The molecule has 0 saturated carbocycles. The van der Waals surface area contributed by atoms with Gasteiger partial charge < -0.3 is 16.8 Å². The van der Waals surface area contributed by atoms with Crippen LogP contribution in [0, 0.1) is 11.3 Å². The van der Waals surface area contributed by atoms with Gasteiger partial charge in [0.2, 0.25) is 0 Å². The van der Waals surface area contributed by atoms with Gasteiger partial charge in [-0.15, -0.1) is 0 Å². The van der Waals surface area contributed by atoms with Crippen LogP contribution in [0.2, 0.25) is 0 Å². The summed E-state index contributed by atoms with van der Waals surface area (Å²) in [5.74, 6) is 0.589. The molecule has 5 N–H and O–H groups in total. The van der Waals surface area contributed by atoms with Crippen molar-refractivity contribution < 1.29 is 0 Å². The summed E-state index contributed by atoms with van der Waals surface area (Å²) in [5.41, 5.74) is 17.8. The van der Waals surface area contributed by atoms with Gasteiger partial charge in [0, 0.05) is 17.8 Å². The number of rotatable bonds is 7. The highest BCUT2D eigenvalue weighted by Gasteiger charge is 2.23. The number of benzene rings is 1. The van der Waals surface area contributed by atoms with Gasteiger partial charge in [0.25, 0.3) is 0 Å². The lowest BCUT2D eigenvalue weighted by atomic mass is 9.87. The third kappa shape index (κ3) is 4.45. The molecule has 1 atom stereocenters. The SMILES string of the molecule is CCCCCCc1cccc(N)c1-c1cc(C2CCCNC2)c(C#N)c(N)n1. The first kappa shape index (κ1) is 20.2. The van der Waals surface area contributed by atoms with E-state index in [2.05, 4.69) is 29.4 Å². The summed E-state index contributed by atoms with van der Waals surface area (Å²) in [6.45, 7) is 4.11. The molecular formula is C23H31N5. The quantitative estimate of drug-likeness (QED) is 0.491. The maximum absolute atomic E-state index is 9.65. The molecule has 2 heterocycles.